The number of hydrogen-bond acceptors (Lipinski definition) is 3. The molecule has 0 aromatic heterocycles. The first kappa shape index (κ1) is 15.4. The molecule has 2 aromatic rings. The van der Waals surface area contributed by atoms with Gasteiger partial charge in [-0.1, -0.05) is 30.3 Å². The van der Waals surface area contributed by atoms with Gasteiger partial charge in [-0.3, -0.25) is 9.59 Å². The molecule has 0 aliphatic heterocycles. The van der Waals surface area contributed by atoms with Gasteiger partial charge in [0.2, 0.25) is 0 Å². The molecule has 2 aromatic carbocycles. The SMILES string of the molecule is CC(=O)c1ccccc1C(=O)NCc1ccc(C(=O)O)cc1. The third-order valence-electron chi connectivity index (χ3n) is 3.20. The molecule has 5 nitrogen and oxygen atoms in total. The Morgan fingerprint density at radius 3 is 2.09 bits per heavy atom. The van der Waals surface area contributed by atoms with E-state index in [1.54, 1.807) is 36.4 Å². The van der Waals surface area contributed by atoms with Crippen molar-refractivity contribution < 1.29 is 19.5 Å². The summed E-state index contributed by atoms with van der Waals surface area (Å²) in [7, 11) is 0. The number of carboxylic acids is 1. The molecule has 0 atom stereocenters. The van der Waals surface area contributed by atoms with Crippen LogP contribution in [-0.2, 0) is 6.54 Å². The first-order valence-corrected chi connectivity index (χ1v) is 6.69. The average molecular weight is 297 g/mol. The number of carboxylic acid groups (broad SMARTS) is 1. The number of nitrogens with one attached hydrogen (secondary N) is 1. The Hall–Kier alpha value is -2.95. The molecule has 0 aliphatic rings. The first-order chi connectivity index (χ1) is 10.5. The minimum atomic E-state index is -0.994. The molecule has 0 spiro atoms. The minimum Gasteiger partial charge on any atom is -0.478 e. The van der Waals surface area contributed by atoms with Crippen LogP contribution in [0.5, 0.6) is 0 Å². The molecule has 112 valence electrons. The zero-order valence-electron chi connectivity index (χ0n) is 12.0. The molecule has 0 heterocycles. The fourth-order valence-electron chi connectivity index (χ4n) is 2.03. The Kier molecular flexibility index (Phi) is 4.68. The maximum atomic E-state index is 12.2. The van der Waals surface area contributed by atoms with Gasteiger partial charge in [-0.15, -0.1) is 0 Å². The number of carbonyl (C=O) groups excluding carboxylic acids is 2. The highest BCUT2D eigenvalue weighted by atomic mass is 16.4. The van der Waals surface area contributed by atoms with Gasteiger partial charge in [0.05, 0.1) is 11.1 Å². The van der Waals surface area contributed by atoms with Gasteiger partial charge in [0.1, 0.15) is 0 Å². The molecule has 0 aliphatic carbocycles. The fraction of sp³-hybridized carbons (Fsp3) is 0.118. The molecule has 0 radical (unpaired) electrons. The Morgan fingerprint density at radius 2 is 1.55 bits per heavy atom. The van der Waals surface area contributed by atoms with Gasteiger partial charge in [0.25, 0.3) is 5.91 Å². The lowest BCUT2D eigenvalue weighted by Gasteiger charge is -2.08. The average Bonchev–Trinajstić information content (AvgIpc) is 2.53. The van der Waals surface area contributed by atoms with Gasteiger partial charge in [0.15, 0.2) is 5.78 Å². The summed E-state index contributed by atoms with van der Waals surface area (Å²) >= 11 is 0. The zero-order chi connectivity index (χ0) is 16.1. The highest BCUT2D eigenvalue weighted by Crippen LogP contribution is 2.10. The number of aromatic carboxylic acids is 1. The quantitative estimate of drug-likeness (QED) is 0.831. The van der Waals surface area contributed by atoms with E-state index in [2.05, 4.69) is 5.32 Å². The molecule has 0 bridgehead atoms. The molecule has 2 rings (SSSR count). The second-order valence-corrected chi connectivity index (χ2v) is 4.79. The number of benzene rings is 2. The van der Waals surface area contributed by atoms with E-state index in [4.69, 9.17) is 5.11 Å². The molecule has 0 saturated heterocycles. The molecule has 0 unspecified atom stereocenters. The van der Waals surface area contributed by atoms with Gasteiger partial charge in [0, 0.05) is 12.1 Å². The first-order valence-electron chi connectivity index (χ1n) is 6.69. The number of hydrogen-bond donors (Lipinski definition) is 2. The number of Topliss-reactive ketones (excluding diaryl/α,β-unsaturated/α-hetero) is 1. The number of ketones is 1. The molecule has 0 fully saturated rings. The van der Waals surface area contributed by atoms with Crippen LogP contribution in [0.3, 0.4) is 0 Å². The highest BCUT2D eigenvalue weighted by molar-refractivity contribution is 6.07. The summed E-state index contributed by atoms with van der Waals surface area (Å²) < 4.78 is 0. The van der Waals surface area contributed by atoms with Crippen LogP contribution in [0.15, 0.2) is 48.5 Å². The van der Waals surface area contributed by atoms with Crippen LogP contribution in [0.2, 0.25) is 0 Å². The predicted molar refractivity (Wildman–Crippen MR) is 81.0 cm³/mol. The van der Waals surface area contributed by atoms with Crippen molar-refractivity contribution in [3.05, 3.63) is 70.8 Å². The second kappa shape index (κ2) is 6.67. The van der Waals surface area contributed by atoms with Gasteiger partial charge >= 0.3 is 5.97 Å². The summed E-state index contributed by atoms with van der Waals surface area (Å²) in [6.07, 6.45) is 0. The van der Waals surface area contributed by atoms with E-state index in [-0.39, 0.29) is 23.8 Å². The van der Waals surface area contributed by atoms with Crippen LogP contribution in [0.1, 0.15) is 43.6 Å². The summed E-state index contributed by atoms with van der Waals surface area (Å²) in [5.41, 5.74) is 1.68. The largest absolute Gasteiger partial charge is 0.478 e. The Morgan fingerprint density at radius 1 is 0.955 bits per heavy atom. The zero-order valence-corrected chi connectivity index (χ0v) is 12.0. The highest BCUT2D eigenvalue weighted by Gasteiger charge is 2.13. The van der Waals surface area contributed by atoms with E-state index in [9.17, 15) is 14.4 Å². The molecule has 1 amide bonds. The van der Waals surface area contributed by atoms with E-state index >= 15 is 0 Å². The molecule has 5 heteroatoms. The molecule has 22 heavy (non-hydrogen) atoms. The van der Waals surface area contributed by atoms with Crippen LogP contribution in [0, 0.1) is 0 Å². The molecule has 2 N–H and O–H groups in total. The van der Waals surface area contributed by atoms with E-state index in [1.807, 2.05) is 0 Å². The predicted octanol–water partition coefficient (Wildman–Crippen LogP) is 2.52. The monoisotopic (exact) mass is 297 g/mol. The van der Waals surface area contributed by atoms with Crippen molar-refractivity contribution in [1.29, 1.82) is 0 Å². The van der Waals surface area contributed by atoms with Gasteiger partial charge in [-0.25, -0.2) is 4.79 Å². The topological polar surface area (TPSA) is 83.5 Å². The summed E-state index contributed by atoms with van der Waals surface area (Å²) in [4.78, 5) is 34.4. The van der Waals surface area contributed by atoms with Crippen LogP contribution in [-0.4, -0.2) is 22.8 Å². The Labute approximate surface area is 127 Å². The lowest BCUT2D eigenvalue weighted by atomic mass is 10.0. The maximum Gasteiger partial charge on any atom is 0.335 e. The van der Waals surface area contributed by atoms with Gasteiger partial charge < -0.3 is 10.4 Å². The Balaban J connectivity index is 2.07. The van der Waals surface area contributed by atoms with E-state index in [1.165, 1.54) is 19.1 Å². The van der Waals surface area contributed by atoms with E-state index < -0.39 is 5.97 Å². The summed E-state index contributed by atoms with van der Waals surface area (Å²) in [6.45, 7) is 1.67. The molecular weight excluding hydrogens is 282 g/mol. The molecule has 0 saturated carbocycles. The summed E-state index contributed by atoms with van der Waals surface area (Å²) in [5.74, 6) is -1.50. The van der Waals surface area contributed by atoms with Crippen molar-refractivity contribution in [2.45, 2.75) is 13.5 Å². The number of carbonyl (C=O) groups is 3. The van der Waals surface area contributed by atoms with Gasteiger partial charge in [-0.05, 0) is 30.7 Å². The van der Waals surface area contributed by atoms with Crippen molar-refractivity contribution in [3.63, 3.8) is 0 Å². The van der Waals surface area contributed by atoms with Gasteiger partial charge in [-0.2, -0.15) is 0 Å². The summed E-state index contributed by atoms with van der Waals surface area (Å²) in [6, 6.07) is 12.8. The minimum absolute atomic E-state index is 0.170. The number of amides is 1. The third-order valence-corrected chi connectivity index (χ3v) is 3.20. The van der Waals surface area contributed by atoms with Crippen molar-refractivity contribution in [2.75, 3.05) is 0 Å². The van der Waals surface area contributed by atoms with Crippen molar-refractivity contribution in [1.82, 2.24) is 5.32 Å². The van der Waals surface area contributed by atoms with Crippen LogP contribution < -0.4 is 5.32 Å². The van der Waals surface area contributed by atoms with Crippen LogP contribution in [0.25, 0.3) is 0 Å². The third kappa shape index (κ3) is 3.58. The van der Waals surface area contributed by atoms with E-state index in [0.29, 0.717) is 11.1 Å². The molecular formula is C17H15NO4. The normalized spacial score (nSPS) is 10.0. The van der Waals surface area contributed by atoms with Crippen molar-refractivity contribution in [3.8, 4) is 0 Å². The van der Waals surface area contributed by atoms with Crippen LogP contribution in [0.4, 0.5) is 0 Å². The van der Waals surface area contributed by atoms with Crippen molar-refractivity contribution >= 4 is 17.7 Å². The number of rotatable bonds is 5. The lowest BCUT2D eigenvalue weighted by molar-refractivity contribution is 0.0696. The Bertz CT molecular complexity index is 720. The smallest absolute Gasteiger partial charge is 0.335 e. The van der Waals surface area contributed by atoms with E-state index in [0.717, 1.165) is 5.56 Å². The fourth-order valence-corrected chi connectivity index (χ4v) is 2.03. The lowest BCUT2D eigenvalue weighted by Crippen LogP contribution is -2.24. The summed E-state index contributed by atoms with van der Waals surface area (Å²) in [5, 5.41) is 11.5. The second-order valence-electron chi connectivity index (χ2n) is 4.79. The maximum absolute atomic E-state index is 12.2. The van der Waals surface area contributed by atoms with Crippen LogP contribution >= 0.6 is 0 Å². The van der Waals surface area contributed by atoms with Crippen molar-refractivity contribution in [2.24, 2.45) is 0 Å². The standard InChI is InChI=1S/C17H15NO4/c1-11(19)14-4-2-3-5-15(14)16(20)18-10-12-6-8-13(9-7-12)17(21)22/h2-9H,10H2,1H3,(H,18,20)(H,21,22).